The maximum absolute atomic E-state index is 13.4. The summed E-state index contributed by atoms with van der Waals surface area (Å²) in [5.74, 6) is 6.44. The second-order valence-corrected chi connectivity index (χ2v) is 12.6. The van der Waals surface area contributed by atoms with Crippen molar-refractivity contribution in [3.8, 4) is 34.8 Å². The molecule has 5 aromatic carbocycles. The van der Waals surface area contributed by atoms with Crippen LogP contribution >= 0.6 is 12.2 Å². The number of aromatic hydroxyl groups is 2. The zero-order chi connectivity index (χ0) is 35.1. The molecule has 5 N–H and O–H groups in total. The van der Waals surface area contributed by atoms with Crippen LogP contribution < -0.4 is 20.7 Å². The van der Waals surface area contributed by atoms with E-state index in [1.807, 2.05) is 48.5 Å². The van der Waals surface area contributed by atoms with E-state index in [0.29, 0.717) is 52.4 Å². The van der Waals surface area contributed by atoms with Crippen LogP contribution in [0, 0.1) is 11.8 Å². The molecule has 51 heavy (non-hydrogen) atoms. The molecular weight excluding hydrogens is 667 g/mol. The molecule has 0 bridgehead atoms. The lowest BCUT2D eigenvalue weighted by molar-refractivity contribution is 0.0224. The first-order valence-corrected chi connectivity index (χ1v) is 16.6. The van der Waals surface area contributed by atoms with Crippen molar-refractivity contribution >= 4 is 35.1 Å². The number of fused-ring (bicyclic) bond motifs is 8. The van der Waals surface area contributed by atoms with E-state index in [9.17, 15) is 19.8 Å². The van der Waals surface area contributed by atoms with Gasteiger partial charge in [0.2, 0.25) is 0 Å². The Morgan fingerprint density at radius 3 is 2.24 bits per heavy atom. The Morgan fingerprint density at radius 2 is 1.47 bits per heavy atom. The second-order valence-electron chi connectivity index (χ2n) is 12.2. The number of thiocarbonyl (C=S) groups is 1. The van der Waals surface area contributed by atoms with Gasteiger partial charge in [-0.15, -0.1) is 0 Å². The Morgan fingerprint density at radius 1 is 0.824 bits per heavy atom. The van der Waals surface area contributed by atoms with Crippen molar-refractivity contribution in [2.45, 2.75) is 18.1 Å². The summed E-state index contributed by atoms with van der Waals surface area (Å²) < 4.78 is 18.0. The lowest BCUT2D eigenvalue weighted by Crippen LogP contribution is -2.37. The van der Waals surface area contributed by atoms with Gasteiger partial charge in [0.1, 0.15) is 29.1 Å². The van der Waals surface area contributed by atoms with E-state index in [1.165, 1.54) is 24.3 Å². The van der Waals surface area contributed by atoms with Crippen molar-refractivity contribution < 1.29 is 34.0 Å². The zero-order valence-electron chi connectivity index (χ0n) is 26.9. The van der Waals surface area contributed by atoms with Gasteiger partial charge in [0.15, 0.2) is 10.7 Å². The number of hydrogen-bond acceptors (Lipinski definition) is 8. The normalized spacial score (nSPS) is 15.4. The number of alkyl carbamates (subject to hydrolysis) is 1. The summed E-state index contributed by atoms with van der Waals surface area (Å²) in [6.45, 7) is 0.538. The van der Waals surface area contributed by atoms with Crippen molar-refractivity contribution in [1.29, 1.82) is 0 Å². The number of esters is 1. The maximum atomic E-state index is 13.4. The molecule has 1 amide bonds. The molecule has 0 aromatic heterocycles. The largest absolute Gasteiger partial charge is 0.508 e. The summed E-state index contributed by atoms with van der Waals surface area (Å²) in [6.07, 6.45) is -0.577. The van der Waals surface area contributed by atoms with Crippen LogP contribution in [-0.2, 0) is 21.5 Å². The number of anilines is 1. The first-order chi connectivity index (χ1) is 24.8. The fraction of sp³-hybridized carbons (Fsp3) is 0.125. The number of nitrogens with one attached hydrogen (secondary N) is 3. The van der Waals surface area contributed by atoms with E-state index < -0.39 is 23.8 Å². The minimum absolute atomic E-state index is 0.0213. The molecule has 0 saturated heterocycles. The highest BCUT2D eigenvalue weighted by Crippen LogP contribution is 2.57. The highest BCUT2D eigenvalue weighted by Gasteiger charge is 2.53. The molecule has 10 nitrogen and oxygen atoms in total. The number of benzene rings is 5. The third kappa shape index (κ3) is 5.81. The molecule has 2 aliphatic heterocycles. The molecule has 2 heterocycles. The molecule has 8 rings (SSSR count). The smallest absolute Gasteiger partial charge is 0.407 e. The molecule has 5 aromatic rings. The van der Waals surface area contributed by atoms with Gasteiger partial charge in [0.25, 0.3) is 0 Å². The quantitative estimate of drug-likeness (QED) is 0.0610. The van der Waals surface area contributed by atoms with E-state index in [0.717, 1.165) is 22.3 Å². The summed E-state index contributed by atoms with van der Waals surface area (Å²) in [5.41, 5.74) is 4.73. The molecule has 252 valence electrons. The highest BCUT2D eigenvalue weighted by atomic mass is 32.1. The van der Waals surface area contributed by atoms with Crippen LogP contribution in [0.3, 0.4) is 0 Å². The average molecular weight is 696 g/mol. The third-order valence-electron chi connectivity index (χ3n) is 9.02. The first-order valence-electron chi connectivity index (χ1n) is 16.2. The molecule has 11 heteroatoms. The summed E-state index contributed by atoms with van der Waals surface area (Å²) in [6, 6.07) is 29.9. The van der Waals surface area contributed by atoms with E-state index in [2.05, 4.69) is 27.8 Å². The summed E-state index contributed by atoms with van der Waals surface area (Å²) in [4.78, 5) is 26.3. The molecule has 1 atom stereocenters. The van der Waals surface area contributed by atoms with Gasteiger partial charge in [-0.2, -0.15) is 0 Å². The van der Waals surface area contributed by atoms with E-state index in [1.54, 1.807) is 30.3 Å². The minimum Gasteiger partial charge on any atom is -0.508 e. The monoisotopic (exact) mass is 695 g/mol. The van der Waals surface area contributed by atoms with Crippen LogP contribution in [0.5, 0.6) is 23.0 Å². The van der Waals surface area contributed by atoms with E-state index >= 15 is 0 Å². The van der Waals surface area contributed by atoms with Crippen LogP contribution in [0.2, 0.25) is 0 Å². The highest BCUT2D eigenvalue weighted by molar-refractivity contribution is 7.80. The lowest BCUT2D eigenvalue weighted by Gasteiger charge is -2.36. The standard InChI is InChI=1S/C40H29N3O7S/c44-27-12-15-32-35(21-27)48-36-22-28(45)13-16-33(36)40(32)31-14-11-26(20-30(31)37(46)50-40)43-38(51)41-17-18-42-39(47)49-34-19-25-7-2-1-5-23(25)9-10-24-6-3-4-8-29(24)34/h1-8,11-16,20-22,34,44-45H,17-19H2,(H,42,47)(H2,41,43,51). The predicted molar refractivity (Wildman–Crippen MR) is 192 cm³/mol. The molecule has 3 aliphatic rings. The SMILES string of the molecule is O=C(NCCNC(=S)Nc1ccc2c(c1)C(=O)OC21c2ccc(O)cc2Oc2cc(O)ccc21)OC1Cc2ccccc2C#Cc2ccccc21. The Kier molecular flexibility index (Phi) is 7.93. The maximum Gasteiger partial charge on any atom is 0.407 e. The molecule has 1 aliphatic carbocycles. The average Bonchev–Trinajstić information content (AvgIpc) is 3.39. The van der Waals surface area contributed by atoms with Crippen LogP contribution in [0.4, 0.5) is 10.5 Å². The first kappa shape index (κ1) is 31.7. The Bertz CT molecular complexity index is 2280. The number of phenols is 2. The fourth-order valence-corrected chi connectivity index (χ4v) is 6.95. The number of carbonyl (C=O) groups excluding carboxylic acids is 2. The summed E-state index contributed by atoms with van der Waals surface area (Å²) >= 11 is 5.50. The number of carbonyl (C=O) groups is 2. The van der Waals surface area contributed by atoms with E-state index in [4.69, 9.17) is 26.4 Å². The van der Waals surface area contributed by atoms with Crippen LogP contribution in [0.1, 0.15) is 55.4 Å². The van der Waals surface area contributed by atoms with Crippen molar-refractivity contribution in [1.82, 2.24) is 10.6 Å². The van der Waals surface area contributed by atoms with Gasteiger partial charge < -0.3 is 40.4 Å². The van der Waals surface area contributed by atoms with Crippen molar-refractivity contribution in [3.63, 3.8) is 0 Å². The Balaban J connectivity index is 0.919. The van der Waals surface area contributed by atoms with Crippen molar-refractivity contribution in [3.05, 3.63) is 148 Å². The summed E-state index contributed by atoms with van der Waals surface area (Å²) in [5, 5.41) is 29.5. The molecule has 0 radical (unpaired) electrons. The molecule has 1 spiro atoms. The third-order valence-corrected chi connectivity index (χ3v) is 9.27. The van der Waals surface area contributed by atoms with Crippen molar-refractivity contribution in [2.75, 3.05) is 18.4 Å². The van der Waals surface area contributed by atoms with Gasteiger partial charge in [-0.05, 0) is 66.3 Å². The Hall–Kier alpha value is -6.51. The van der Waals surface area contributed by atoms with Crippen LogP contribution in [0.25, 0.3) is 0 Å². The number of rotatable bonds is 5. The second kappa shape index (κ2) is 12.7. The van der Waals surface area contributed by atoms with Crippen LogP contribution in [0.15, 0.2) is 103 Å². The topological polar surface area (TPSA) is 138 Å². The summed E-state index contributed by atoms with van der Waals surface area (Å²) in [7, 11) is 0. The Labute approximate surface area is 298 Å². The van der Waals surface area contributed by atoms with Gasteiger partial charge in [0, 0.05) is 70.7 Å². The molecule has 0 fully saturated rings. The number of amides is 1. The van der Waals surface area contributed by atoms with Gasteiger partial charge in [-0.25, -0.2) is 9.59 Å². The zero-order valence-corrected chi connectivity index (χ0v) is 27.7. The van der Waals surface area contributed by atoms with E-state index in [-0.39, 0.29) is 23.2 Å². The molecule has 0 saturated carbocycles. The van der Waals surface area contributed by atoms with Gasteiger partial charge >= 0.3 is 12.1 Å². The number of ether oxygens (including phenoxy) is 3. The predicted octanol–water partition coefficient (Wildman–Crippen LogP) is 6.38. The fourth-order valence-electron chi connectivity index (χ4n) is 6.73. The lowest BCUT2D eigenvalue weighted by atomic mass is 9.77. The van der Waals surface area contributed by atoms with Crippen molar-refractivity contribution in [2.24, 2.45) is 0 Å². The van der Waals surface area contributed by atoms with Gasteiger partial charge in [-0.1, -0.05) is 54.3 Å². The van der Waals surface area contributed by atoms with Crippen LogP contribution in [-0.4, -0.2) is 40.5 Å². The molecule has 1 unspecified atom stereocenters. The van der Waals surface area contributed by atoms with Gasteiger partial charge in [0.05, 0.1) is 5.56 Å². The number of hydrogen-bond donors (Lipinski definition) is 5. The molecular formula is C40H29N3O7S. The minimum atomic E-state index is -1.36. The van der Waals surface area contributed by atoms with Gasteiger partial charge in [-0.3, -0.25) is 0 Å². The number of phenolic OH excluding ortho intramolecular Hbond substituents is 2.